The van der Waals surface area contributed by atoms with Crippen molar-refractivity contribution in [1.29, 1.82) is 0 Å². The summed E-state index contributed by atoms with van der Waals surface area (Å²) in [6.45, 7) is 13.5. The van der Waals surface area contributed by atoms with Crippen LogP contribution in [0.1, 0.15) is 13.3 Å². The van der Waals surface area contributed by atoms with Crippen molar-refractivity contribution in [1.82, 2.24) is 4.90 Å². The fourth-order valence-electron chi connectivity index (χ4n) is 1.88. The smallest absolute Gasteiger partial charge is 0.00446 e. The van der Waals surface area contributed by atoms with E-state index in [1.807, 2.05) is 0 Å². The summed E-state index contributed by atoms with van der Waals surface area (Å²) < 4.78 is 0. The molecular formula is C11H19N. The summed E-state index contributed by atoms with van der Waals surface area (Å²) in [6, 6.07) is 0. The van der Waals surface area contributed by atoms with Crippen LogP contribution in [0.2, 0.25) is 0 Å². The summed E-state index contributed by atoms with van der Waals surface area (Å²) in [5.41, 5.74) is 0. The van der Waals surface area contributed by atoms with Gasteiger partial charge in [-0.05, 0) is 24.8 Å². The standard InChI is InChI=1S/C11H19N/c1-4-10-7-11(5-2)9-12(6-3)8-10/h4-5,10-11H,1-2,6-9H2,3H3. The number of hydrogen-bond donors (Lipinski definition) is 0. The number of likely N-dealkylation sites (tertiary alicyclic amines) is 1. The summed E-state index contributed by atoms with van der Waals surface area (Å²) in [7, 11) is 0. The van der Waals surface area contributed by atoms with Gasteiger partial charge in [0.25, 0.3) is 0 Å². The highest BCUT2D eigenvalue weighted by Crippen LogP contribution is 2.22. The monoisotopic (exact) mass is 165 g/mol. The van der Waals surface area contributed by atoms with Gasteiger partial charge in [0.15, 0.2) is 0 Å². The second-order valence-corrected chi connectivity index (χ2v) is 3.58. The van der Waals surface area contributed by atoms with Crippen LogP contribution in [0.4, 0.5) is 0 Å². The molecule has 1 saturated heterocycles. The van der Waals surface area contributed by atoms with Gasteiger partial charge in [-0.15, -0.1) is 13.2 Å². The third-order valence-corrected chi connectivity index (χ3v) is 2.70. The third kappa shape index (κ3) is 2.21. The van der Waals surface area contributed by atoms with Crippen molar-refractivity contribution in [2.24, 2.45) is 11.8 Å². The summed E-state index contributed by atoms with van der Waals surface area (Å²) >= 11 is 0. The lowest BCUT2D eigenvalue weighted by atomic mass is 9.89. The van der Waals surface area contributed by atoms with E-state index in [-0.39, 0.29) is 0 Å². The molecule has 1 fully saturated rings. The Morgan fingerprint density at radius 3 is 2.08 bits per heavy atom. The van der Waals surface area contributed by atoms with E-state index >= 15 is 0 Å². The predicted molar refractivity (Wildman–Crippen MR) is 54.1 cm³/mol. The Morgan fingerprint density at radius 2 is 1.75 bits per heavy atom. The van der Waals surface area contributed by atoms with E-state index in [9.17, 15) is 0 Å². The minimum absolute atomic E-state index is 0.668. The van der Waals surface area contributed by atoms with Crippen LogP contribution >= 0.6 is 0 Å². The molecule has 0 aromatic carbocycles. The van der Waals surface area contributed by atoms with E-state index in [1.54, 1.807) is 0 Å². The maximum absolute atomic E-state index is 3.86. The topological polar surface area (TPSA) is 3.24 Å². The van der Waals surface area contributed by atoms with Crippen LogP contribution < -0.4 is 0 Å². The van der Waals surface area contributed by atoms with E-state index in [0.29, 0.717) is 11.8 Å². The first kappa shape index (κ1) is 9.53. The van der Waals surface area contributed by atoms with Gasteiger partial charge in [-0.1, -0.05) is 19.1 Å². The van der Waals surface area contributed by atoms with Crippen LogP contribution in [0.25, 0.3) is 0 Å². The van der Waals surface area contributed by atoms with Gasteiger partial charge in [-0.3, -0.25) is 0 Å². The number of hydrogen-bond acceptors (Lipinski definition) is 1. The highest BCUT2D eigenvalue weighted by molar-refractivity contribution is 4.93. The molecule has 1 heteroatoms. The number of rotatable bonds is 3. The van der Waals surface area contributed by atoms with Gasteiger partial charge < -0.3 is 4.90 Å². The first-order valence-electron chi connectivity index (χ1n) is 4.77. The maximum atomic E-state index is 3.86. The van der Waals surface area contributed by atoms with Crippen molar-refractivity contribution >= 4 is 0 Å². The van der Waals surface area contributed by atoms with Gasteiger partial charge in [0.1, 0.15) is 0 Å². The van der Waals surface area contributed by atoms with Gasteiger partial charge in [-0.2, -0.15) is 0 Å². The first-order chi connectivity index (χ1) is 5.80. The molecule has 1 aliphatic heterocycles. The average Bonchev–Trinajstić information content (AvgIpc) is 2.16. The second kappa shape index (κ2) is 4.46. The third-order valence-electron chi connectivity index (χ3n) is 2.70. The fraction of sp³-hybridized carbons (Fsp3) is 0.636. The van der Waals surface area contributed by atoms with Gasteiger partial charge in [0.2, 0.25) is 0 Å². The molecule has 0 N–H and O–H groups in total. The van der Waals surface area contributed by atoms with Gasteiger partial charge in [0, 0.05) is 13.1 Å². The molecule has 2 unspecified atom stereocenters. The van der Waals surface area contributed by atoms with Crippen molar-refractivity contribution in [2.45, 2.75) is 13.3 Å². The molecule has 0 aromatic rings. The largest absolute Gasteiger partial charge is 0.302 e. The molecule has 1 aliphatic rings. The SMILES string of the molecule is C=CC1CC(C=C)CN(CC)C1. The van der Waals surface area contributed by atoms with Crippen molar-refractivity contribution in [3.63, 3.8) is 0 Å². The van der Waals surface area contributed by atoms with Crippen LogP contribution in [-0.2, 0) is 0 Å². The summed E-state index contributed by atoms with van der Waals surface area (Å²) in [5, 5.41) is 0. The quantitative estimate of drug-likeness (QED) is 0.580. The van der Waals surface area contributed by atoms with E-state index in [2.05, 4.69) is 37.1 Å². The van der Waals surface area contributed by atoms with Crippen molar-refractivity contribution in [3.8, 4) is 0 Å². The highest BCUT2D eigenvalue weighted by atomic mass is 15.1. The van der Waals surface area contributed by atoms with Crippen LogP contribution in [0.3, 0.4) is 0 Å². The van der Waals surface area contributed by atoms with Gasteiger partial charge in [-0.25, -0.2) is 0 Å². The Labute approximate surface area is 75.8 Å². The van der Waals surface area contributed by atoms with Gasteiger partial charge >= 0.3 is 0 Å². The molecule has 0 saturated carbocycles. The average molecular weight is 165 g/mol. The molecule has 2 atom stereocenters. The molecule has 12 heavy (non-hydrogen) atoms. The second-order valence-electron chi connectivity index (χ2n) is 3.58. The van der Waals surface area contributed by atoms with Crippen molar-refractivity contribution < 1.29 is 0 Å². The van der Waals surface area contributed by atoms with E-state index in [4.69, 9.17) is 0 Å². The fourth-order valence-corrected chi connectivity index (χ4v) is 1.88. The molecule has 0 aromatic heterocycles. The van der Waals surface area contributed by atoms with Crippen LogP contribution in [-0.4, -0.2) is 24.5 Å². The molecule has 1 rings (SSSR count). The summed E-state index contributed by atoms with van der Waals surface area (Å²) in [6.07, 6.45) is 5.40. The molecule has 1 heterocycles. The first-order valence-corrected chi connectivity index (χ1v) is 4.77. The Morgan fingerprint density at radius 1 is 1.25 bits per heavy atom. The molecular weight excluding hydrogens is 146 g/mol. The molecule has 0 bridgehead atoms. The number of piperidine rings is 1. The Kier molecular flexibility index (Phi) is 3.54. The number of nitrogens with zero attached hydrogens (tertiary/aromatic N) is 1. The Hall–Kier alpha value is -0.560. The molecule has 0 amide bonds. The minimum atomic E-state index is 0.668. The lowest BCUT2D eigenvalue weighted by Crippen LogP contribution is -2.38. The minimum Gasteiger partial charge on any atom is -0.302 e. The van der Waals surface area contributed by atoms with Crippen molar-refractivity contribution in [2.75, 3.05) is 19.6 Å². The molecule has 0 spiro atoms. The lowest BCUT2D eigenvalue weighted by molar-refractivity contribution is 0.173. The van der Waals surface area contributed by atoms with Gasteiger partial charge in [0.05, 0.1) is 0 Å². The Bertz CT molecular complexity index is 146. The highest BCUT2D eigenvalue weighted by Gasteiger charge is 2.22. The zero-order chi connectivity index (χ0) is 8.97. The van der Waals surface area contributed by atoms with Crippen molar-refractivity contribution in [3.05, 3.63) is 25.3 Å². The van der Waals surface area contributed by atoms with Crippen LogP contribution in [0.15, 0.2) is 25.3 Å². The van der Waals surface area contributed by atoms with Crippen LogP contribution in [0, 0.1) is 11.8 Å². The van der Waals surface area contributed by atoms with E-state index < -0.39 is 0 Å². The van der Waals surface area contributed by atoms with E-state index in [0.717, 1.165) is 6.54 Å². The zero-order valence-electron chi connectivity index (χ0n) is 8.00. The van der Waals surface area contributed by atoms with Crippen LogP contribution in [0.5, 0.6) is 0 Å². The summed E-state index contributed by atoms with van der Waals surface area (Å²) in [4.78, 5) is 2.47. The van der Waals surface area contributed by atoms with E-state index in [1.165, 1.54) is 19.5 Å². The predicted octanol–water partition coefficient (Wildman–Crippen LogP) is 2.32. The Balaban J connectivity index is 2.51. The normalized spacial score (nSPS) is 31.4. The molecule has 1 nitrogen and oxygen atoms in total. The lowest BCUT2D eigenvalue weighted by Gasteiger charge is -2.34. The molecule has 68 valence electrons. The maximum Gasteiger partial charge on any atom is 0.00446 e. The summed E-state index contributed by atoms with van der Waals surface area (Å²) in [5.74, 6) is 1.34. The zero-order valence-corrected chi connectivity index (χ0v) is 8.00. The molecule has 0 radical (unpaired) electrons. The molecule has 0 aliphatic carbocycles.